The van der Waals surface area contributed by atoms with Gasteiger partial charge >= 0.3 is 0 Å². The number of hydrogen-bond acceptors (Lipinski definition) is 4. The van der Waals surface area contributed by atoms with Crippen molar-refractivity contribution in [3.63, 3.8) is 0 Å². The molecule has 4 nitrogen and oxygen atoms in total. The summed E-state index contributed by atoms with van der Waals surface area (Å²) in [7, 11) is 0. The number of nitrogens with zero attached hydrogens (tertiary/aromatic N) is 2. The van der Waals surface area contributed by atoms with E-state index in [0.29, 0.717) is 0 Å². The molecule has 0 aliphatic rings. The SMILES string of the molecule is Cc1ccc(N(c2ccc3cc4c(cc3c2)oc2cc3c(cc24)oc2cc4cc(N(c5ccc(C)cc5)c5cc(C)ccc5C)ccc4cc23)c2cc(C)ccc2C)cc1. The van der Waals surface area contributed by atoms with Crippen molar-refractivity contribution in [3.05, 3.63) is 191 Å². The van der Waals surface area contributed by atoms with Crippen LogP contribution in [0, 0.1) is 41.5 Å². The minimum atomic E-state index is 0.852. The molecule has 2 aromatic heterocycles. The summed E-state index contributed by atoms with van der Waals surface area (Å²) >= 11 is 0. The smallest absolute Gasteiger partial charge is 0.136 e. The number of fused-ring (bicyclic) bond motifs is 8. The Balaban J connectivity index is 1.01. The van der Waals surface area contributed by atoms with Gasteiger partial charge in [-0.25, -0.2) is 0 Å². The molecule has 9 aromatic carbocycles. The molecule has 11 rings (SSSR count). The van der Waals surface area contributed by atoms with E-state index < -0.39 is 0 Å². The second kappa shape index (κ2) is 13.6. The quantitative estimate of drug-likeness (QED) is 0.168. The van der Waals surface area contributed by atoms with Crippen LogP contribution in [-0.4, -0.2) is 0 Å². The van der Waals surface area contributed by atoms with E-state index in [1.165, 1.54) is 44.8 Å². The molecule has 0 saturated heterocycles. The van der Waals surface area contributed by atoms with Gasteiger partial charge in [0.25, 0.3) is 0 Å². The molecule has 290 valence electrons. The molecule has 0 unspecified atom stereocenters. The van der Waals surface area contributed by atoms with Crippen molar-refractivity contribution >= 4 is 99.5 Å². The van der Waals surface area contributed by atoms with E-state index in [2.05, 4.69) is 209 Å². The molecule has 2 heterocycles. The van der Waals surface area contributed by atoms with E-state index in [1.807, 2.05) is 0 Å². The molecule has 0 atom stereocenters. The summed E-state index contributed by atoms with van der Waals surface area (Å²) in [5, 5.41) is 8.82. The predicted octanol–water partition coefficient (Wildman–Crippen LogP) is 16.6. The van der Waals surface area contributed by atoms with Crippen molar-refractivity contribution in [2.45, 2.75) is 41.5 Å². The van der Waals surface area contributed by atoms with Gasteiger partial charge in [0, 0.05) is 55.7 Å². The Morgan fingerprint density at radius 3 is 1.05 bits per heavy atom. The van der Waals surface area contributed by atoms with Gasteiger partial charge < -0.3 is 18.6 Å². The molecule has 0 spiro atoms. The number of hydrogen-bond donors (Lipinski definition) is 0. The minimum absolute atomic E-state index is 0.852. The Hall–Kier alpha value is -7.30. The summed E-state index contributed by atoms with van der Waals surface area (Å²) in [5.41, 5.74) is 17.6. The van der Waals surface area contributed by atoms with Gasteiger partial charge in [-0.15, -0.1) is 0 Å². The summed E-state index contributed by atoms with van der Waals surface area (Å²) in [6, 6.07) is 57.5. The third-order valence-electron chi connectivity index (χ3n) is 12.3. The predicted molar refractivity (Wildman–Crippen MR) is 254 cm³/mol. The Morgan fingerprint density at radius 1 is 0.283 bits per heavy atom. The monoisotopic (exact) mass is 776 g/mol. The van der Waals surface area contributed by atoms with Crippen LogP contribution in [0.15, 0.2) is 167 Å². The zero-order valence-electron chi connectivity index (χ0n) is 34.7. The first-order valence-corrected chi connectivity index (χ1v) is 20.7. The van der Waals surface area contributed by atoms with Crippen LogP contribution in [0.3, 0.4) is 0 Å². The Morgan fingerprint density at radius 2 is 0.633 bits per heavy atom. The van der Waals surface area contributed by atoms with Crippen molar-refractivity contribution in [2.75, 3.05) is 9.80 Å². The highest BCUT2D eigenvalue weighted by Crippen LogP contribution is 2.43. The first-order valence-electron chi connectivity index (χ1n) is 20.7. The molecule has 0 aliphatic heterocycles. The lowest BCUT2D eigenvalue weighted by atomic mass is 10.0. The molecule has 0 bridgehead atoms. The summed E-state index contributed by atoms with van der Waals surface area (Å²) in [5.74, 6) is 0. The van der Waals surface area contributed by atoms with Crippen LogP contribution in [0.5, 0.6) is 0 Å². The van der Waals surface area contributed by atoms with Crippen molar-refractivity contribution in [1.82, 2.24) is 0 Å². The average molecular weight is 777 g/mol. The lowest BCUT2D eigenvalue weighted by Gasteiger charge is -2.28. The van der Waals surface area contributed by atoms with E-state index in [-0.39, 0.29) is 0 Å². The van der Waals surface area contributed by atoms with Gasteiger partial charge in [0.05, 0.1) is 0 Å². The van der Waals surface area contributed by atoms with Crippen molar-refractivity contribution in [2.24, 2.45) is 0 Å². The Bertz CT molecular complexity index is 3260. The zero-order chi connectivity index (χ0) is 40.8. The standard InChI is InChI=1S/C56H44N2O2/c1-33-9-17-43(18-10-33)57(51-23-35(3)7-13-37(51)5)45-21-15-39-27-47-49-31-56-50(32-55(49)59-53(47)29-41(39)25-45)48-28-40-16-22-46(26-42(40)30-54(48)60-56)58(44-19-11-34(2)12-20-44)52-24-36(4)8-14-38(52)6/h7-32H,1-6H3. The maximum atomic E-state index is 6.68. The van der Waals surface area contributed by atoms with E-state index in [0.717, 1.165) is 88.2 Å². The average Bonchev–Trinajstić information content (AvgIpc) is 3.77. The van der Waals surface area contributed by atoms with Crippen molar-refractivity contribution in [1.29, 1.82) is 0 Å². The lowest BCUT2D eigenvalue weighted by molar-refractivity contribution is 0.664. The highest BCUT2D eigenvalue weighted by molar-refractivity contribution is 6.18. The second-order valence-electron chi connectivity index (χ2n) is 16.7. The van der Waals surface area contributed by atoms with E-state index >= 15 is 0 Å². The van der Waals surface area contributed by atoms with Crippen LogP contribution >= 0.6 is 0 Å². The fourth-order valence-electron chi connectivity index (χ4n) is 8.95. The molecule has 11 aromatic rings. The number of furan rings is 2. The lowest BCUT2D eigenvalue weighted by Crippen LogP contribution is -2.11. The molecule has 0 radical (unpaired) electrons. The van der Waals surface area contributed by atoms with Crippen LogP contribution in [0.4, 0.5) is 34.1 Å². The highest BCUT2D eigenvalue weighted by atomic mass is 16.3. The fraction of sp³-hybridized carbons (Fsp3) is 0.107. The van der Waals surface area contributed by atoms with Gasteiger partial charge in [0.15, 0.2) is 0 Å². The molecular weight excluding hydrogens is 733 g/mol. The van der Waals surface area contributed by atoms with Gasteiger partial charge in [0.1, 0.15) is 22.3 Å². The maximum absolute atomic E-state index is 6.68. The molecule has 4 heteroatoms. The van der Waals surface area contributed by atoms with Gasteiger partial charge in [-0.3, -0.25) is 0 Å². The van der Waals surface area contributed by atoms with Crippen molar-refractivity contribution < 1.29 is 8.83 Å². The molecule has 0 N–H and O–H groups in total. The first kappa shape index (κ1) is 35.8. The van der Waals surface area contributed by atoms with E-state index in [4.69, 9.17) is 8.83 Å². The number of benzene rings is 9. The van der Waals surface area contributed by atoms with Gasteiger partial charge in [-0.1, -0.05) is 71.8 Å². The number of rotatable bonds is 6. The topological polar surface area (TPSA) is 32.8 Å². The molecule has 0 fully saturated rings. The van der Waals surface area contributed by atoms with Crippen LogP contribution in [-0.2, 0) is 0 Å². The first-order chi connectivity index (χ1) is 29.1. The third kappa shape index (κ3) is 5.98. The van der Waals surface area contributed by atoms with Crippen molar-refractivity contribution in [3.8, 4) is 0 Å². The van der Waals surface area contributed by atoms with E-state index in [9.17, 15) is 0 Å². The maximum Gasteiger partial charge on any atom is 0.136 e. The molecule has 0 saturated carbocycles. The number of aryl methyl sites for hydroxylation is 6. The molecular formula is C56H44N2O2. The largest absolute Gasteiger partial charge is 0.456 e. The van der Waals surface area contributed by atoms with Crippen LogP contribution in [0.1, 0.15) is 33.4 Å². The molecule has 60 heavy (non-hydrogen) atoms. The summed E-state index contributed by atoms with van der Waals surface area (Å²) in [4.78, 5) is 4.72. The fourth-order valence-corrected chi connectivity index (χ4v) is 8.95. The summed E-state index contributed by atoms with van der Waals surface area (Å²) in [6.45, 7) is 12.9. The van der Waals surface area contributed by atoms with Gasteiger partial charge in [-0.2, -0.15) is 0 Å². The highest BCUT2D eigenvalue weighted by Gasteiger charge is 2.20. The summed E-state index contributed by atoms with van der Waals surface area (Å²) in [6.07, 6.45) is 0. The van der Waals surface area contributed by atoms with Gasteiger partial charge in [0.2, 0.25) is 0 Å². The zero-order valence-corrected chi connectivity index (χ0v) is 34.7. The van der Waals surface area contributed by atoms with Crippen LogP contribution in [0.25, 0.3) is 65.4 Å². The molecule has 0 aliphatic carbocycles. The second-order valence-corrected chi connectivity index (χ2v) is 16.7. The summed E-state index contributed by atoms with van der Waals surface area (Å²) < 4.78 is 13.4. The minimum Gasteiger partial charge on any atom is -0.456 e. The Labute approximate surface area is 349 Å². The third-order valence-corrected chi connectivity index (χ3v) is 12.3. The van der Waals surface area contributed by atoms with Crippen LogP contribution in [0.2, 0.25) is 0 Å². The van der Waals surface area contributed by atoms with Crippen LogP contribution < -0.4 is 9.80 Å². The number of anilines is 6. The normalized spacial score (nSPS) is 11.8. The Kier molecular flexibility index (Phi) is 8.15. The molecule has 0 amide bonds. The van der Waals surface area contributed by atoms with Gasteiger partial charge in [-0.05, 0) is 182 Å². The van der Waals surface area contributed by atoms with E-state index in [1.54, 1.807) is 0 Å².